The van der Waals surface area contributed by atoms with Crippen LogP contribution in [0.2, 0.25) is 5.02 Å². The van der Waals surface area contributed by atoms with Crippen LogP contribution in [-0.4, -0.2) is 13.1 Å². The van der Waals surface area contributed by atoms with Gasteiger partial charge in [-0.2, -0.15) is 0 Å². The first-order valence-corrected chi connectivity index (χ1v) is 8.59. The molecule has 0 bridgehead atoms. The maximum absolute atomic E-state index is 14.1. The van der Waals surface area contributed by atoms with Crippen molar-refractivity contribution in [3.8, 4) is 0 Å². The molecule has 0 radical (unpaired) electrons. The Kier molecular flexibility index (Phi) is 8.28. The first-order valence-electron chi connectivity index (χ1n) is 8.21. The molecular weight excluding hydrogens is 285 g/mol. The van der Waals surface area contributed by atoms with Crippen molar-refractivity contribution in [3.05, 3.63) is 34.6 Å². The molecule has 0 saturated heterocycles. The molecule has 1 atom stereocenters. The fourth-order valence-electron chi connectivity index (χ4n) is 2.82. The SMILES string of the molecule is CCCCC(CC)(CNCCC)Cc1ccc(Cl)cc1F. The van der Waals surface area contributed by atoms with Crippen LogP contribution in [-0.2, 0) is 6.42 Å². The molecular formula is C18H29ClFN. The van der Waals surface area contributed by atoms with Crippen LogP contribution in [0, 0.1) is 11.2 Å². The van der Waals surface area contributed by atoms with E-state index in [4.69, 9.17) is 11.6 Å². The monoisotopic (exact) mass is 313 g/mol. The van der Waals surface area contributed by atoms with Gasteiger partial charge >= 0.3 is 0 Å². The summed E-state index contributed by atoms with van der Waals surface area (Å²) >= 11 is 5.86. The van der Waals surface area contributed by atoms with Gasteiger partial charge in [0.15, 0.2) is 0 Å². The number of hydrogen-bond donors (Lipinski definition) is 1. The summed E-state index contributed by atoms with van der Waals surface area (Å²) in [6.07, 6.45) is 6.48. The molecule has 0 fully saturated rings. The Morgan fingerprint density at radius 2 is 1.95 bits per heavy atom. The van der Waals surface area contributed by atoms with Gasteiger partial charge < -0.3 is 5.32 Å². The summed E-state index contributed by atoms with van der Waals surface area (Å²) in [5.74, 6) is -0.174. The molecule has 21 heavy (non-hydrogen) atoms. The fourth-order valence-corrected chi connectivity index (χ4v) is 2.98. The predicted molar refractivity (Wildman–Crippen MR) is 90.5 cm³/mol. The summed E-state index contributed by atoms with van der Waals surface area (Å²) in [6.45, 7) is 8.59. The van der Waals surface area contributed by atoms with E-state index in [-0.39, 0.29) is 11.2 Å². The minimum atomic E-state index is -0.174. The predicted octanol–water partition coefficient (Wildman–Crippen LogP) is 5.61. The van der Waals surface area contributed by atoms with Gasteiger partial charge in [-0.25, -0.2) is 4.39 Å². The summed E-state index contributed by atoms with van der Waals surface area (Å²) in [7, 11) is 0. The van der Waals surface area contributed by atoms with Gasteiger partial charge in [-0.15, -0.1) is 0 Å². The lowest BCUT2D eigenvalue weighted by Gasteiger charge is -2.34. The number of nitrogens with one attached hydrogen (secondary N) is 1. The van der Waals surface area contributed by atoms with Gasteiger partial charge in [0, 0.05) is 11.6 Å². The van der Waals surface area contributed by atoms with Gasteiger partial charge in [0.1, 0.15) is 5.82 Å². The average molecular weight is 314 g/mol. The lowest BCUT2D eigenvalue weighted by atomic mass is 9.75. The third kappa shape index (κ3) is 5.96. The zero-order valence-electron chi connectivity index (χ0n) is 13.6. The molecule has 0 aliphatic rings. The summed E-state index contributed by atoms with van der Waals surface area (Å²) in [5.41, 5.74) is 0.926. The average Bonchev–Trinajstić information content (AvgIpc) is 2.47. The van der Waals surface area contributed by atoms with Crippen LogP contribution in [0.4, 0.5) is 4.39 Å². The quantitative estimate of drug-likeness (QED) is 0.554. The van der Waals surface area contributed by atoms with E-state index in [0.717, 1.165) is 44.3 Å². The Morgan fingerprint density at radius 1 is 1.19 bits per heavy atom. The Bertz CT molecular complexity index is 422. The van der Waals surface area contributed by atoms with Crippen molar-refractivity contribution in [2.45, 2.75) is 59.3 Å². The van der Waals surface area contributed by atoms with Crippen LogP contribution in [0.25, 0.3) is 0 Å². The Balaban J connectivity index is 2.87. The van der Waals surface area contributed by atoms with E-state index >= 15 is 0 Å². The molecule has 1 unspecified atom stereocenters. The highest BCUT2D eigenvalue weighted by atomic mass is 35.5. The summed E-state index contributed by atoms with van der Waals surface area (Å²) in [5, 5.41) is 4.01. The van der Waals surface area contributed by atoms with Crippen LogP contribution in [0.15, 0.2) is 18.2 Å². The second-order valence-electron chi connectivity index (χ2n) is 6.05. The molecule has 120 valence electrons. The molecule has 1 nitrogen and oxygen atoms in total. The van der Waals surface area contributed by atoms with Crippen LogP contribution in [0.3, 0.4) is 0 Å². The van der Waals surface area contributed by atoms with Gasteiger partial charge in [-0.3, -0.25) is 0 Å². The largest absolute Gasteiger partial charge is 0.316 e. The van der Waals surface area contributed by atoms with Crippen molar-refractivity contribution < 1.29 is 4.39 Å². The minimum absolute atomic E-state index is 0.139. The fraction of sp³-hybridized carbons (Fsp3) is 0.667. The van der Waals surface area contributed by atoms with Crippen LogP contribution >= 0.6 is 11.6 Å². The van der Waals surface area contributed by atoms with E-state index in [1.807, 2.05) is 6.07 Å². The zero-order valence-corrected chi connectivity index (χ0v) is 14.4. The Morgan fingerprint density at radius 3 is 2.52 bits per heavy atom. The van der Waals surface area contributed by atoms with Crippen LogP contribution < -0.4 is 5.32 Å². The van der Waals surface area contributed by atoms with Crippen LogP contribution in [0.5, 0.6) is 0 Å². The van der Waals surface area contributed by atoms with E-state index in [1.54, 1.807) is 6.07 Å². The molecule has 3 heteroatoms. The van der Waals surface area contributed by atoms with Crippen molar-refractivity contribution in [2.75, 3.05) is 13.1 Å². The Labute approximate surface area is 134 Å². The molecule has 0 aliphatic heterocycles. The summed E-state index contributed by atoms with van der Waals surface area (Å²) in [6, 6.07) is 5.06. The van der Waals surface area contributed by atoms with E-state index in [0.29, 0.717) is 5.02 Å². The van der Waals surface area contributed by atoms with E-state index in [2.05, 4.69) is 26.1 Å². The summed E-state index contributed by atoms with van der Waals surface area (Å²) < 4.78 is 14.1. The molecule has 0 aliphatic carbocycles. The van der Waals surface area contributed by atoms with Crippen molar-refractivity contribution >= 4 is 11.6 Å². The normalized spacial score (nSPS) is 14.1. The second kappa shape index (κ2) is 9.42. The van der Waals surface area contributed by atoms with Gasteiger partial charge in [0.25, 0.3) is 0 Å². The zero-order chi connectivity index (χ0) is 15.7. The number of halogens is 2. The molecule has 1 aromatic rings. The highest BCUT2D eigenvalue weighted by Crippen LogP contribution is 2.34. The third-order valence-electron chi connectivity index (χ3n) is 4.32. The highest BCUT2D eigenvalue weighted by molar-refractivity contribution is 6.30. The van der Waals surface area contributed by atoms with Crippen molar-refractivity contribution in [3.63, 3.8) is 0 Å². The van der Waals surface area contributed by atoms with Crippen molar-refractivity contribution in [1.29, 1.82) is 0 Å². The Hall–Kier alpha value is -0.600. The molecule has 1 N–H and O–H groups in total. The van der Waals surface area contributed by atoms with E-state index in [1.165, 1.54) is 18.9 Å². The topological polar surface area (TPSA) is 12.0 Å². The third-order valence-corrected chi connectivity index (χ3v) is 4.55. The van der Waals surface area contributed by atoms with Crippen molar-refractivity contribution in [1.82, 2.24) is 5.32 Å². The van der Waals surface area contributed by atoms with E-state index < -0.39 is 0 Å². The van der Waals surface area contributed by atoms with Crippen molar-refractivity contribution in [2.24, 2.45) is 5.41 Å². The number of unbranched alkanes of at least 4 members (excludes halogenated alkanes) is 1. The molecule has 0 heterocycles. The molecule has 0 spiro atoms. The molecule has 0 amide bonds. The first-order chi connectivity index (χ1) is 10.1. The molecule has 1 aromatic carbocycles. The molecule has 0 aromatic heterocycles. The standard InChI is InChI=1S/C18H29ClFN/c1-4-7-10-18(6-3,14-21-11-5-2)13-15-8-9-16(19)12-17(15)20/h8-9,12,21H,4-7,10-11,13-14H2,1-3H3. The first kappa shape index (κ1) is 18.4. The highest BCUT2D eigenvalue weighted by Gasteiger charge is 2.28. The minimum Gasteiger partial charge on any atom is -0.316 e. The number of benzene rings is 1. The lowest BCUT2D eigenvalue weighted by Crippen LogP contribution is -2.36. The van der Waals surface area contributed by atoms with Gasteiger partial charge in [-0.05, 0) is 55.3 Å². The van der Waals surface area contributed by atoms with E-state index in [9.17, 15) is 4.39 Å². The maximum atomic E-state index is 14.1. The number of hydrogen-bond acceptors (Lipinski definition) is 1. The van der Waals surface area contributed by atoms with Gasteiger partial charge in [0.2, 0.25) is 0 Å². The summed E-state index contributed by atoms with van der Waals surface area (Å²) in [4.78, 5) is 0. The lowest BCUT2D eigenvalue weighted by molar-refractivity contribution is 0.227. The van der Waals surface area contributed by atoms with Gasteiger partial charge in [0.05, 0.1) is 0 Å². The molecule has 1 rings (SSSR count). The second-order valence-corrected chi connectivity index (χ2v) is 6.48. The number of rotatable bonds is 10. The van der Waals surface area contributed by atoms with Crippen LogP contribution in [0.1, 0.15) is 58.4 Å². The van der Waals surface area contributed by atoms with Gasteiger partial charge in [-0.1, -0.05) is 51.3 Å². The maximum Gasteiger partial charge on any atom is 0.127 e. The smallest absolute Gasteiger partial charge is 0.127 e. The molecule has 0 saturated carbocycles.